The van der Waals surface area contributed by atoms with Gasteiger partial charge < -0.3 is 10.2 Å². The SMILES string of the molecule is CN(Cc1ccccc1Cl)C(=O)Nc1cccc([N+](=O)[O-])c1. The van der Waals surface area contributed by atoms with Crippen LogP contribution in [0.4, 0.5) is 16.2 Å². The fourth-order valence-corrected chi connectivity index (χ4v) is 2.07. The first-order chi connectivity index (χ1) is 10.5. The molecule has 0 aliphatic carbocycles. The summed E-state index contributed by atoms with van der Waals surface area (Å²) in [6.07, 6.45) is 0. The molecule has 2 amide bonds. The van der Waals surface area contributed by atoms with Crippen molar-refractivity contribution >= 4 is 29.0 Å². The zero-order chi connectivity index (χ0) is 16.1. The van der Waals surface area contributed by atoms with Crippen LogP contribution in [0.3, 0.4) is 0 Å². The molecule has 0 saturated heterocycles. The van der Waals surface area contributed by atoms with Crippen LogP contribution in [0.1, 0.15) is 5.56 Å². The summed E-state index contributed by atoms with van der Waals surface area (Å²) in [5, 5.41) is 13.9. The molecular formula is C15H14ClN3O3. The third-order valence-corrected chi connectivity index (χ3v) is 3.39. The second kappa shape index (κ2) is 6.91. The highest BCUT2D eigenvalue weighted by Gasteiger charge is 2.12. The summed E-state index contributed by atoms with van der Waals surface area (Å²) in [4.78, 5) is 23.8. The van der Waals surface area contributed by atoms with Gasteiger partial charge in [0.05, 0.1) is 4.92 Å². The van der Waals surface area contributed by atoms with E-state index in [2.05, 4.69) is 5.32 Å². The summed E-state index contributed by atoms with van der Waals surface area (Å²) in [6.45, 7) is 0.334. The predicted molar refractivity (Wildman–Crippen MR) is 85.0 cm³/mol. The maximum Gasteiger partial charge on any atom is 0.321 e. The molecule has 0 atom stereocenters. The number of nitro groups is 1. The van der Waals surface area contributed by atoms with Crippen molar-refractivity contribution in [2.75, 3.05) is 12.4 Å². The Labute approximate surface area is 132 Å². The Balaban J connectivity index is 2.04. The number of nitrogens with zero attached hydrogens (tertiary/aromatic N) is 2. The van der Waals surface area contributed by atoms with E-state index < -0.39 is 4.92 Å². The van der Waals surface area contributed by atoms with Crippen molar-refractivity contribution in [2.24, 2.45) is 0 Å². The van der Waals surface area contributed by atoms with Crippen molar-refractivity contribution in [1.82, 2.24) is 4.90 Å². The minimum absolute atomic E-state index is 0.0773. The molecule has 2 rings (SSSR count). The quantitative estimate of drug-likeness (QED) is 0.685. The summed E-state index contributed by atoms with van der Waals surface area (Å²) in [5.74, 6) is 0. The van der Waals surface area contributed by atoms with Crippen LogP contribution in [0.5, 0.6) is 0 Å². The van der Waals surface area contributed by atoms with Gasteiger partial charge in [-0.15, -0.1) is 0 Å². The van der Waals surface area contributed by atoms with E-state index in [1.165, 1.54) is 23.1 Å². The monoisotopic (exact) mass is 319 g/mol. The van der Waals surface area contributed by atoms with Crippen LogP contribution in [0.15, 0.2) is 48.5 Å². The van der Waals surface area contributed by atoms with Gasteiger partial charge in [0.15, 0.2) is 0 Å². The molecule has 22 heavy (non-hydrogen) atoms. The lowest BCUT2D eigenvalue weighted by Gasteiger charge is -2.18. The molecule has 0 aromatic heterocycles. The standard InChI is InChI=1S/C15H14ClN3O3/c1-18(10-11-5-2-3-8-14(11)16)15(20)17-12-6-4-7-13(9-12)19(21)22/h2-9H,10H2,1H3,(H,17,20). The van der Waals surface area contributed by atoms with Gasteiger partial charge in [0.1, 0.15) is 0 Å². The van der Waals surface area contributed by atoms with Gasteiger partial charge in [-0.3, -0.25) is 10.1 Å². The van der Waals surface area contributed by atoms with Gasteiger partial charge >= 0.3 is 6.03 Å². The number of anilines is 1. The Morgan fingerprint density at radius 2 is 2.00 bits per heavy atom. The Hall–Kier alpha value is -2.60. The molecule has 0 radical (unpaired) electrons. The van der Waals surface area contributed by atoms with Crippen LogP contribution in [-0.4, -0.2) is 22.9 Å². The van der Waals surface area contributed by atoms with E-state index in [0.717, 1.165) is 5.56 Å². The van der Waals surface area contributed by atoms with E-state index in [1.807, 2.05) is 18.2 Å². The summed E-state index contributed by atoms with van der Waals surface area (Å²) in [7, 11) is 1.62. The molecular weight excluding hydrogens is 306 g/mol. The van der Waals surface area contributed by atoms with Gasteiger partial charge in [-0.05, 0) is 17.7 Å². The number of amides is 2. The van der Waals surface area contributed by atoms with E-state index in [9.17, 15) is 14.9 Å². The first-order valence-electron chi connectivity index (χ1n) is 6.47. The highest BCUT2D eigenvalue weighted by Crippen LogP contribution is 2.19. The minimum Gasteiger partial charge on any atom is -0.323 e. The van der Waals surface area contributed by atoms with Crippen molar-refractivity contribution in [3.63, 3.8) is 0 Å². The number of nitro benzene ring substituents is 1. The molecule has 0 fully saturated rings. The van der Waals surface area contributed by atoms with E-state index in [0.29, 0.717) is 17.3 Å². The number of nitrogens with one attached hydrogen (secondary N) is 1. The fraction of sp³-hybridized carbons (Fsp3) is 0.133. The molecule has 0 bridgehead atoms. The third-order valence-electron chi connectivity index (χ3n) is 3.02. The number of halogens is 1. The first kappa shape index (κ1) is 15.8. The zero-order valence-electron chi connectivity index (χ0n) is 11.8. The number of carbonyl (C=O) groups is 1. The lowest BCUT2D eigenvalue weighted by Crippen LogP contribution is -2.30. The van der Waals surface area contributed by atoms with Crippen molar-refractivity contribution in [2.45, 2.75) is 6.54 Å². The molecule has 0 saturated carbocycles. The zero-order valence-corrected chi connectivity index (χ0v) is 12.6. The summed E-state index contributed by atoms with van der Waals surface area (Å²) >= 11 is 6.06. The van der Waals surface area contributed by atoms with Gasteiger partial charge in [-0.1, -0.05) is 35.9 Å². The van der Waals surface area contributed by atoms with E-state index >= 15 is 0 Å². The van der Waals surface area contributed by atoms with E-state index in [1.54, 1.807) is 19.2 Å². The van der Waals surface area contributed by atoms with Gasteiger partial charge in [0.25, 0.3) is 5.69 Å². The van der Waals surface area contributed by atoms with Gasteiger partial charge in [-0.2, -0.15) is 0 Å². The molecule has 2 aromatic carbocycles. The smallest absolute Gasteiger partial charge is 0.321 e. The summed E-state index contributed by atoms with van der Waals surface area (Å²) < 4.78 is 0. The summed E-state index contributed by atoms with van der Waals surface area (Å²) in [6, 6.07) is 12.6. The molecule has 1 N–H and O–H groups in total. The van der Waals surface area contributed by atoms with Gasteiger partial charge in [0, 0.05) is 36.4 Å². The average Bonchev–Trinajstić information content (AvgIpc) is 2.49. The largest absolute Gasteiger partial charge is 0.323 e. The molecule has 0 aliphatic rings. The second-order valence-corrected chi connectivity index (χ2v) is 5.09. The van der Waals surface area contributed by atoms with Gasteiger partial charge in [0.2, 0.25) is 0 Å². The van der Waals surface area contributed by atoms with Crippen LogP contribution < -0.4 is 5.32 Å². The Kier molecular flexibility index (Phi) is 4.95. The Morgan fingerprint density at radius 1 is 1.27 bits per heavy atom. The molecule has 7 heteroatoms. The number of carbonyl (C=O) groups excluding carboxylic acids is 1. The van der Waals surface area contributed by atoms with Crippen molar-refractivity contribution in [1.29, 1.82) is 0 Å². The van der Waals surface area contributed by atoms with E-state index in [4.69, 9.17) is 11.6 Å². The maximum atomic E-state index is 12.1. The number of hydrogen-bond donors (Lipinski definition) is 1. The average molecular weight is 320 g/mol. The van der Waals surface area contributed by atoms with E-state index in [-0.39, 0.29) is 11.7 Å². The Morgan fingerprint density at radius 3 is 2.68 bits per heavy atom. The molecule has 0 unspecified atom stereocenters. The van der Waals surface area contributed by atoms with Crippen molar-refractivity contribution < 1.29 is 9.72 Å². The first-order valence-corrected chi connectivity index (χ1v) is 6.85. The highest BCUT2D eigenvalue weighted by atomic mass is 35.5. The van der Waals surface area contributed by atoms with Crippen LogP contribution in [0.25, 0.3) is 0 Å². The molecule has 0 spiro atoms. The normalized spacial score (nSPS) is 10.1. The number of benzene rings is 2. The number of rotatable bonds is 4. The molecule has 114 valence electrons. The second-order valence-electron chi connectivity index (χ2n) is 4.69. The molecule has 0 aliphatic heterocycles. The van der Waals surface area contributed by atoms with Crippen molar-refractivity contribution in [3.8, 4) is 0 Å². The number of non-ortho nitro benzene ring substituents is 1. The lowest BCUT2D eigenvalue weighted by atomic mass is 10.2. The van der Waals surface area contributed by atoms with Crippen LogP contribution in [0, 0.1) is 10.1 Å². The fourth-order valence-electron chi connectivity index (χ4n) is 1.87. The molecule has 2 aromatic rings. The topological polar surface area (TPSA) is 75.5 Å². The van der Waals surface area contributed by atoms with Crippen LogP contribution in [-0.2, 0) is 6.54 Å². The third kappa shape index (κ3) is 3.95. The van der Waals surface area contributed by atoms with Crippen molar-refractivity contribution in [3.05, 3.63) is 69.2 Å². The molecule has 0 heterocycles. The van der Waals surface area contributed by atoms with Crippen LogP contribution >= 0.6 is 11.6 Å². The predicted octanol–water partition coefficient (Wildman–Crippen LogP) is 3.91. The minimum atomic E-state index is -0.511. The highest BCUT2D eigenvalue weighted by molar-refractivity contribution is 6.31. The summed E-state index contributed by atoms with van der Waals surface area (Å²) in [5.41, 5.74) is 1.11. The number of hydrogen-bond acceptors (Lipinski definition) is 3. The Bertz CT molecular complexity index is 706. The molecule has 6 nitrogen and oxygen atoms in total. The lowest BCUT2D eigenvalue weighted by molar-refractivity contribution is -0.384. The number of urea groups is 1. The maximum absolute atomic E-state index is 12.1. The van der Waals surface area contributed by atoms with Gasteiger partial charge in [-0.25, -0.2) is 4.79 Å². The van der Waals surface area contributed by atoms with Crippen LogP contribution in [0.2, 0.25) is 5.02 Å².